The minimum Gasteiger partial charge on any atom is -0.368 e. The van der Waals surface area contributed by atoms with Gasteiger partial charge in [0.2, 0.25) is 12.2 Å². The van der Waals surface area contributed by atoms with E-state index in [9.17, 15) is 9.59 Å². The lowest BCUT2D eigenvalue weighted by atomic mass is 10.2. The van der Waals surface area contributed by atoms with Crippen molar-refractivity contribution in [2.45, 2.75) is 64.6 Å². The molecule has 0 aliphatic rings. The van der Waals surface area contributed by atoms with Crippen LogP contribution in [0, 0.1) is 0 Å². The molecule has 0 aromatic rings. The molecule has 0 bridgehead atoms. The lowest BCUT2D eigenvalue weighted by Crippen LogP contribution is -2.02. The van der Waals surface area contributed by atoms with Crippen LogP contribution in [-0.2, 0) is 9.59 Å². The summed E-state index contributed by atoms with van der Waals surface area (Å²) in [6, 6.07) is 0. The molecule has 0 rings (SSSR count). The fourth-order valence-electron chi connectivity index (χ4n) is 1.40. The first-order valence-corrected chi connectivity index (χ1v) is 7.12. The molecule has 0 saturated heterocycles. The Morgan fingerprint density at radius 1 is 0.850 bits per heavy atom. The van der Waals surface area contributed by atoms with Gasteiger partial charge < -0.3 is 10.2 Å². The molecule has 0 amide bonds. The Balaban J connectivity index is 0. The van der Waals surface area contributed by atoms with Crippen LogP contribution in [0.5, 0.6) is 0 Å². The van der Waals surface area contributed by atoms with Crippen molar-refractivity contribution in [3.63, 3.8) is 0 Å². The molecule has 0 aliphatic carbocycles. The van der Waals surface area contributed by atoms with Crippen LogP contribution in [0.25, 0.3) is 0 Å². The summed E-state index contributed by atoms with van der Waals surface area (Å²) in [5.41, 5.74) is 0. The van der Waals surface area contributed by atoms with Gasteiger partial charge >= 0.3 is 0 Å². The van der Waals surface area contributed by atoms with Gasteiger partial charge in [0.1, 0.15) is 0 Å². The molecule has 0 heterocycles. The van der Waals surface area contributed by atoms with Gasteiger partial charge in [0.25, 0.3) is 0 Å². The van der Waals surface area contributed by atoms with Crippen LogP contribution in [-0.4, -0.2) is 41.8 Å². The average Bonchev–Trinajstić information content (AvgIpc) is 2.43. The smallest absolute Gasteiger partial charge is 0.234 e. The van der Waals surface area contributed by atoms with Crippen molar-refractivity contribution in [3.05, 3.63) is 0 Å². The van der Waals surface area contributed by atoms with Gasteiger partial charge in [-0.15, -0.1) is 0 Å². The Bertz CT molecular complexity index is 261. The third kappa shape index (κ3) is 25.5. The van der Waals surface area contributed by atoms with E-state index in [1.54, 1.807) is 0 Å². The van der Waals surface area contributed by atoms with E-state index in [0.29, 0.717) is 19.5 Å². The van der Waals surface area contributed by atoms with Gasteiger partial charge in [-0.3, -0.25) is 0 Å². The van der Waals surface area contributed by atoms with Crippen LogP contribution in [0.15, 0.2) is 9.98 Å². The first-order chi connectivity index (χ1) is 9.68. The van der Waals surface area contributed by atoms with Crippen molar-refractivity contribution in [1.82, 2.24) is 0 Å². The SMILES string of the molecule is CCCCCC(O)O.O=C=NCCCCCCN=C=O. The molecule has 6 heteroatoms. The highest BCUT2D eigenvalue weighted by Gasteiger charge is 1.93. The molecule has 0 fully saturated rings. The predicted molar refractivity (Wildman–Crippen MR) is 76.8 cm³/mol. The van der Waals surface area contributed by atoms with Crippen molar-refractivity contribution < 1.29 is 19.8 Å². The molecule has 0 unspecified atom stereocenters. The maximum Gasteiger partial charge on any atom is 0.234 e. The van der Waals surface area contributed by atoms with Crippen molar-refractivity contribution in [2.75, 3.05) is 13.1 Å². The molecule has 6 nitrogen and oxygen atoms in total. The molecule has 2 N–H and O–H groups in total. The van der Waals surface area contributed by atoms with Crippen molar-refractivity contribution >= 4 is 12.2 Å². The summed E-state index contributed by atoms with van der Waals surface area (Å²) in [6.45, 7) is 3.20. The summed E-state index contributed by atoms with van der Waals surface area (Å²) in [5.74, 6) is 0. The first-order valence-electron chi connectivity index (χ1n) is 7.12. The van der Waals surface area contributed by atoms with E-state index in [-0.39, 0.29) is 0 Å². The molecular weight excluding hydrogens is 260 g/mol. The predicted octanol–water partition coefficient (Wildman–Crippen LogP) is 2.10. The number of rotatable bonds is 11. The van der Waals surface area contributed by atoms with E-state index in [0.717, 1.165) is 44.9 Å². The van der Waals surface area contributed by atoms with Crippen LogP contribution in [0.4, 0.5) is 0 Å². The van der Waals surface area contributed by atoms with E-state index in [1.807, 2.05) is 0 Å². The normalized spacial score (nSPS) is 9.20. The number of nitrogens with zero attached hydrogens (tertiary/aromatic N) is 2. The van der Waals surface area contributed by atoms with Gasteiger partial charge in [-0.05, 0) is 25.7 Å². The fourth-order valence-corrected chi connectivity index (χ4v) is 1.40. The monoisotopic (exact) mass is 286 g/mol. The molecule has 0 radical (unpaired) electrons. The summed E-state index contributed by atoms with van der Waals surface area (Å²) in [6.07, 6.45) is 9.38. The third-order valence-electron chi connectivity index (χ3n) is 2.48. The largest absolute Gasteiger partial charge is 0.368 e. The lowest BCUT2D eigenvalue weighted by molar-refractivity contribution is -0.0465. The summed E-state index contributed by atoms with van der Waals surface area (Å²) in [4.78, 5) is 26.1. The zero-order valence-electron chi connectivity index (χ0n) is 12.3. The van der Waals surface area contributed by atoms with Gasteiger partial charge in [0.05, 0.1) is 13.1 Å². The maximum atomic E-state index is 9.63. The fraction of sp³-hybridized carbons (Fsp3) is 0.857. The second-order valence-corrected chi connectivity index (χ2v) is 4.34. The second-order valence-electron chi connectivity index (χ2n) is 4.34. The van der Waals surface area contributed by atoms with E-state index in [1.165, 1.54) is 12.2 Å². The summed E-state index contributed by atoms with van der Waals surface area (Å²) < 4.78 is 0. The van der Waals surface area contributed by atoms with Crippen LogP contribution in [0.3, 0.4) is 0 Å². The summed E-state index contributed by atoms with van der Waals surface area (Å²) in [5, 5.41) is 16.7. The highest BCUT2D eigenvalue weighted by atomic mass is 16.5. The third-order valence-corrected chi connectivity index (χ3v) is 2.48. The van der Waals surface area contributed by atoms with Gasteiger partial charge in [-0.2, -0.15) is 0 Å². The number of aliphatic hydroxyl groups is 2. The van der Waals surface area contributed by atoms with E-state index < -0.39 is 6.29 Å². The topological polar surface area (TPSA) is 99.3 Å². The van der Waals surface area contributed by atoms with Crippen LogP contribution in [0.1, 0.15) is 58.3 Å². The minimum absolute atomic E-state index is 0.522. The molecular formula is C14H26N2O4. The summed E-state index contributed by atoms with van der Waals surface area (Å²) in [7, 11) is 0. The molecule has 20 heavy (non-hydrogen) atoms. The molecule has 0 aliphatic heterocycles. The lowest BCUT2D eigenvalue weighted by Gasteiger charge is -1.99. The Labute approximate surface area is 120 Å². The average molecular weight is 286 g/mol. The zero-order valence-corrected chi connectivity index (χ0v) is 12.3. The minimum atomic E-state index is -1.10. The molecule has 0 atom stereocenters. The number of isocyanates is 2. The maximum absolute atomic E-state index is 9.63. The molecule has 0 aromatic heterocycles. The summed E-state index contributed by atoms with van der Waals surface area (Å²) >= 11 is 0. The molecule has 0 saturated carbocycles. The van der Waals surface area contributed by atoms with Crippen LogP contribution >= 0.6 is 0 Å². The van der Waals surface area contributed by atoms with E-state index >= 15 is 0 Å². The Kier molecular flexibility index (Phi) is 21.0. The number of aliphatic hydroxyl groups excluding tert-OH is 1. The Morgan fingerprint density at radius 3 is 1.70 bits per heavy atom. The molecule has 0 aromatic carbocycles. The zero-order chi connectivity index (χ0) is 15.5. The van der Waals surface area contributed by atoms with Crippen molar-refractivity contribution in [2.24, 2.45) is 9.98 Å². The van der Waals surface area contributed by atoms with Gasteiger partial charge in [0.15, 0.2) is 6.29 Å². The van der Waals surface area contributed by atoms with E-state index in [2.05, 4.69) is 16.9 Å². The number of hydrogen-bond acceptors (Lipinski definition) is 6. The van der Waals surface area contributed by atoms with Crippen molar-refractivity contribution in [3.8, 4) is 0 Å². The van der Waals surface area contributed by atoms with Crippen LogP contribution < -0.4 is 0 Å². The Hall–Kier alpha value is -1.32. The van der Waals surface area contributed by atoms with Gasteiger partial charge in [-0.1, -0.05) is 32.6 Å². The number of carbonyl (C=O) groups excluding carboxylic acids is 2. The standard InChI is InChI=1S/C8H12N2O2.C6H14O2/c11-7-9-5-3-1-2-4-6-10-8-12;1-2-3-4-5-6(7)8/h1-6H2;6-8H,2-5H2,1H3. The van der Waals surface area contributed by atoms with Gasteiger partial charge in [0, 0.05) is 0 Å². The van der Waals surface area contributed by atoms with Crippen LogP contribution in [0.2, 0.25) is 0 Å². The highest BCUT2D eigenvalue weighted by molar-refractivity contribution is 5.32. The Morgan fingerprint density at radius 2 is 1.35 bits per heavy atom. The van der Waals surface area contributed by atoms with E-state index in [4.69, 9.17) is 10.2 Å². The first kappa shape index (κ1) is 21.0. The quantitative estimate of drug-likeness (QED) is 0.263. The molecule has 116 valence electrons. The molecule has 0 spiro atoms. The number of hydrogen-bond donors (Lipinski definition) is 2. The second kappa shape index (κ2) is 20.0. The number of aliphatic imine (C=N–C) groups is 2. The highest BCUT2D eigenvalue weighted by Crippen LogP contribution is 2.00. The van der Waals surface area contributed by atoms with Crippen molar-refractivity contribution in [1.29, 1.82) is 0 Å². The number of unbranched alkanes of at least 4 members (excludes halogenated alkanes) is 5. The van der Waals surface area contributed by atoms with Gasteiger partial charge in [-0.25, -0.2) is 19.6 Å².